The van der Waals surface area contributed by atoms with Crippen LogP contribution in [0.4, 0.5) is 22.0 Å². The van der Waals surface area contributed by atoms with Gasteiger partial charge in [0.2, 0.25) is 11.5 Å². The molecule has 7 rings (SSSR count). The highest BCUT2D eigenvalue weighted by Crippen LogP contribution is 2.37. The number of hydrogen-bond acceptors (Lipinski definition) is 4. The van der Waals surface area contributed by atoms with E-state index in [2.05, 4.69) is 4.98 Å². The standard InChI is InChI=1S/C31H13F5N2O3/c32-24-23(25(33)27(35)28(36)26(24)34)21-13-20-31(41-21)37-22(38(20)16-8-2-1-3-9-16)12-19-29(39)17-10-14-6-4-5-7-15(14)11-18(17)30(19)40/h1-13H. The minimum atomic E-state index is -2.29. The quantitative estimate of drug-likeness (QED) is 0.0741. The molecule has 0 aliphatic heterocycles. The van der Waals surface area contributed by atoms with E-state index in [1.165, 1.54) is 10.6 Å². The minimum Gasteiger partial charge on any atom is -0.436 e. The van der Waals surface area contributed by atoms with E-state index >= 15 is 0 Å². The van der Waals surface area contributed by atoms with Gasteiger partial charge in [-0.2, -0.15) is 4.98 Å². The van der Waals surface area contributed by atoms with Gasteiger partial charge in [-0.05, 0) is 41.1 Å². The Morgan fingerprint density at radius 1 is 0.683 bits per heavy atom. The molecule has 200 valence electrons. The number of para-hydroxylation sites is 1. The smallest absolute Gasteiger partial charge is 0.246 e. The molecule has 0 saturated heterocycles. The zero-order valence-electron chi connectivity index (χ0n) is 20.5. The first-order valence-corrected chi connectivity index (χ1v) is 12.2. The summed E-state index contributed by atoms with van der Waals surface area (Å²) in [5.41, 5.74) is -0.565. The third-order valence-corrected chi connectivity index (χ3v) is 6.99. The molecule has 2 aromatic heterocycles. The summed E-state index contributed by atoms with van der Waals surface area (Å²) in [4.78, 5) is 31.0. The van der Waals surface area contributed by atoms with Gasteiger partial charge in [0, 0.05) is 22.9 Å². The molecule has 1 aliphatic rings. The number of rotatable bonds is 3. The Morgan fingerprint density at radius 3 is 1.80 bits per heavy atom. The van der Waals surface area contributed by atoms with Crippen LogP contribution in [-0.2, 0) is 0 Å². The Kier molecular flexibility index (Phi) is 5.30. The predicted molar refractivity (Wildman–Crippen MR) is 139 cm³/mol. The zero-order valence-corrected chi connectivity index (χ0v) is 20.5. The highest BCUT2D eigenvalue weighted by Gasteiger charge is 2.35. The van der Waals surface area contributed by atoms with Crippen molar-refractivity contribution in [2.75, 3.05) is 0 Å². The van der Waals surface area contributed by atoms with Crippen LogP contribution >= 0.6 is 0 Å². The number of hydrogen-bond donors (Lipinski definition) is 0. The van der Waals surface area contributed by atoms with Crippen LogP contribution in [0, 0.1) is 29.1 Å². The molecule has 10 heteroatoms. The van der Waals surface area contributed by atoms with Crippen LogP contribution in [0.2, 0.25) is 0 Å². The van der Waals surface area contributed by atoms with E-state index in [-0.39, 0.29) is 33.8 Å². The number of carbonyl (C=O) groups is 2. The van der Waals surface area contributed by atoms with Gasteiger partial charge in [0.15, 0.2) is 34.8 Å². The predicted octanol–water partition coefficient (Wildman–Crippen LogP) is 7.60. The topological polar surface area (TPSA) is 65.1 Å². The molecule has 0 atom stereocenters. The van der Waals surface area contributed by atoms with Crippen molar-refractivity contribution < 1.29 is 36.0 Å². The summed E-state index contributed by atoms with van der Waals surface area (Å²) in [6.07, 6.45) is 1.29. The Hall–Kier alpha value is -5.38. The lowest BCUT2D eigenvalue weighted by molar-refractivity contribution is 0.0990. The van der Waals surface area contributed by atoms with Gasteiger partial charge in [-0.3, -0.25) is 14.2 Å². The number of imidazole rings is 1. The van der Waals surface area contributed by atoms with E-state index in [1.807, 2.05) is 24.3 Å². The third-order valence-electron chi connectivity index (χ3n) is 6.99. The summed E-state index contributed by atoms with van der Waals surface area (Å²) in [5.74, 6) is -12.2. The van der Waals surface area contributed by atoms with Crippen molar-refractivity contribution >= 4 is 39.6 Å². The lowest BCUT2D eigenvalue weighted by atomic mass is 10.0. The first-order valence-electron chi connectivity index (χ1n) is 12.2. The van der Waals surface area contributed by atoms with Crippen LogP contribution in [0.5, 0.6) is 0 Å². The van der Waals surface area contributed by atoms with Gasteiger partial charge in [-0.25, -0.2) is 22.0 Å². The molecule has 0 saturated carbocycles. The number of allylic oxidation sites excluding steroid dienone is 1. The van der Waals surface area contributed by atoms with Gasteiger partial charge in [-0.15, -0.1) is 0 Å². The fourth-order valence-electron chi connectivity index (χ4n) is 5.05. The third kappa shape index (κ3) is 3.57. The monoisotopic (exact) mass is 556 g/mol. The molecule has 6 aromatic rings. The average molecular weight is 556 g/mol. The molecule has 0 amide bonds. The molecule has 5 nitrogen and oxygen atoms in total. The van der Waals surface area contributed by atoms with E-state index in [1.54, 1.807) is 42.5 Å². The van der Waals surface area contributed by atoms with Gasteiger partial charge >= 0.3 is 0 Å². The SMILES string of the molecule is O=C1C(=Cc2nc3oc(-c4c(F)c(F)c(F)c(F)c4F)cc3n2-c2ccccc2)C(=O)c2cc3ccccc3cc21. The molecule has 4 aromatic carbocycles. The Bertz CT molecular complexity index is 2060. The number of ketones is 2. The lowest BCUT2D eigenvalue weighted by Crippen LogP contribution is -2.04. The van der Waals surface area contributed by atoms with Crippen LogP contribution in [-0.4, -0.2) is 21.1 Å². The van der Waals surface area contributed by atoms with E-state index in [4.69, 9.17) is 4.42 Å². The Balaban J connectivity index is 1.42. The number of halogens is 5. The molecular formula is C31H13F5N2O3. The van der Waals surface area contributed by atoms with Crippen molar-refractivity contribution in [3.05, 3.63) is 124 Å². The molecule has 0 spiro atoms. The maximum Gasteiger partial charge on any atom is 0.246 e. The Morgan fingerprint density at radius 2 is 1.22 bits per heavy atom. The van der Waals surface area contributed by atoms with Crippen molar-refractivity contribution in [1.29, 1.82) is 0 Å². The molecule has 0 fully saturated rings. The first-order chi connectivity index (χ1) is 19.7. The van der Waals surface area contributed by atoms with E-state index in [0.29, 0.717) is 5.69 Å². The lowest BCUT2D eigenvalue weighted by Gasteiger charge is -2.07. The van der Waals surface area contributed by atoms with E-state index < -0.39 is 52.0 Å². The van der Waals surface area contributed by atoms with E-state index in [9.17, 15) is 31.5 Å². The summed E-state index contributed by atoms with van der Waals surface area (Å²) in [5, 5.41) is 1.58. The van der Waals surface area contributed by atoms with Crippen molar-refractivity contribution in [1.82, 2.24) is 9.55 Å². The normalized spacial score (nSPS) is 13.0. The molecule has 2 heterocycles. The van der Waals surface area contributed by atoms with Crippen molar-refractivity contribution in [2.45, 2.75) is 0 Å². The van der Waals surface area contributed by atoms with Gasteiger partial charge in [0.25, 0.3) is 0 Å². The minimum absolute atomic E-state index is 0.0722. The molecule has 0 bridgehead atoms. The molecular weight excluding hydrogens is 543 g/mol. The number of nitrogens with zero attached hydrogens (tertiary/aromatic N) is 2. The van der Waals surface area contributed by atoms with Crippen molar-refractivity contribution in [2.24, 2.45) is 0 Å². The van der Waals surface area contributed by atoms with E-state index in [0.717, 1.165) is 16.8 Å². The van der Waals surface area contributed by atoms with Crippen molar-refractivity contribution in [3.63, 3.8) is 0 Å². The van der Waals surface area contributed by atoms with Gasteiger partial charge < -0.3 is 4.42 Å². The van der Waals surface area contributed by atoms with Gasteiger partial charge in [-0.1, -0.05) is 42.5 Å². The second kappa shape index (κ2) is 8.82. The number of carbonyl (C=O) groups excluding carboxylic acids is 2. The van der Waals surface area contributed by atoms with Crippen LogP contribution < -0.4 is 0 Å². The average Bonchev–Trinajstić information content (AvgIpc) is 3.60. The summed E-state index contributed by atoms with van der Waals surface area (Å²) >= 11 is 0. The molecule has 41 heavy (non-hydrogen) atoms. The highest BCUT2D eigenvalue weighted by atomic mass is 19.2. The first kappa shape index (κ1) is 24.6. The van der Waals surface area contributed by atoms with Crippen LogP contribution in [0.25, 0.3) is 45.1 Å². The number of Topliss-reactive ketones (excluding diaryl/α,β-unsaturated/α-hetero) is 2. The summed E-state index contributed by atoms with van der Waals surface area (Å²) in [7, 11) is 0. The Labute approximate surface area is 226 Å². The van der Waals surface area contributed by atoms with Crippen molar-refractivity contribution in [3.8, 4) is 17.0 Å². The van der Waals surface area contributed by atoms with Gasteiger partial charge in [0.05, 0.1) is 11.1 Å². The number of furan rings is 1. The van der Waals surface area contributed by atoms with Gasteiger partial charge in [0.1, 0.15) is 17.1 Å². The van der Waals surface area contributed by atoms with Crippen LogP contribution in [0.1, 0.15) is 26.5 Å². The molecule has 1 aliphatic carbocycles. The number of fused-ring (bicyclic) bond motifs is 3. The largest absolute Gasteiger partial charge is 0.436 e. The van der Waals surface area contributed by atoms with Crippen LogP contribution in [0.3, 0.4) is 0 Å². The molecule has 0 N–H and O–H groups in total. The second-order valence-corrected chi connectivity index (χ2v) is 9.35. The maximum atomic E-state index is 14.5. The zero-order chi connectivity index (χ0) is 28.6. The molecule has 0 unspecified atom stereocenters. The summed E-state index contributed by atoms with van der Waals surface area (Å²) in [6, 6.07) is 20.1. The maximum absolute atomic E-state index is 14.5. The second-order valence-electron chi connectivity index (χ2n) is 9.35. The highest BCUT2D eigenvalue weighted by molar-refractivity contribution is 6.42. The summed E-state index contributed by atoms with van der Waals surface area (Å²) in [6.45, 7) is 0. The fraction of sp³-hybridized carbons (Fsp3) is 0. The number of aromatic nitrogens is 2. The summed E-state index contributed by atoms with van der Waals surface area (Å²) < 4.78 is 77.3. The fourth-order valence-corrected chi connectivity index (χ4v) is 5.05. The van der Waals surface area contributed by atoms with Crippen LogP contribution in [0.15, 0.2) is 82.8 Å². The molecule has 0 radical (unpaired) electrons. The number of benzene rings is 4.